The molecule has 158 valence electrons. The van der Waals surface area contributed by atoms with E-state index in [1.54, 1.807) is 6.92 Å². The van der Waals surface area contributed by atoms with Crippen molar-refractivity contribution < 1.29 is 27.8 Å². The number of aromatic nitrogens is 1. The summed E-state index contributed by atoms with van der Waals surface area (Å²) in [6, 6.07) is -1.20. The van der Waals surface area contributed by atoms with E-state index >= 15 is 0 Å². The van der Waals surface area contributed by atoms with E-state index in [4.69, 9.17) is 9.47 Å². The van der Waals surface area contributed by atoms with E-state index < -0.39 is 41.2 Å². The number of amides is 1. The van der Waals surface area contributed by atoms with Gasteiger partial charge in [-0.15, -0.1) is 0 Å². The first-order valence-corrected chi connectivity index (χ1v) is 10.1. The Balaban J connectivity index is 1.80. The number of esters is 1. The van der Waals surface area contributed by atoms with Gasteiger partial charge in [-0.1, -0.05) is 13.3 Å². The zero-order chi connectivity index (χ0) is 20.9. The second kappa shape index (κ2) is 7.11. The highest BCUT2D eigenvalue weighted by Gasteiger charge is 2.63. The molecule has 0 N–H and O–H groups in total. The summed E-state index contributed by atoms with van der Waals surface area (Å²) >= 11 is 0. The van der Waals surface area contributed by atoms with Crippen LogP contribution in [0.5, 0.6) is 5.75 Å². The first-order chi connectivity index (χ1) is 13.8. The van der Waals surface area contributed by atoms with E-state index in [1.165, 1.54) is 15.7 Å². The van der Waals surface area contributed by atoms with Crippen molar-refractivity contribution in [3.63, 3.8) is 0 Å². The highest BCUT2D eigenvalue weighted by atomic mass is 19.3. The van der Waals surface area contributed by atoms with Gasteiger partial charge in [0.1, 0.15) is 5.56 Å². The molecule has 29 heavy (non-hydrogen) atoms. The van der Waals surface area contributed by atoms with Crippen LogP contribution in [-0.4, -0.2) is 52.6 Å². The molecule has 9 heteroatoms. The fraction of sp³-hybridized carbons (Fsp3) is 0.650. The number of nitrogens with zero attached hydrogens (tertiary/aromatic N) is 2. The molecule has 3 heterocycles. The number of piperidine rings is 1. The first kappa shape index (κ1) is 19.8. The van der Waals surface area contributed by atoms with Gasteiger partial charge in [0, 0.05) is 31.1 Å². The maximum absolute atomic E-state index is 14.3. The van der Waals surface area contributed by atoms with Crippen molar-refractivity contribution >= 4 is 11.9 Å². The van der Waals surface area contributed by atoms with Crippen LogP contribution in [0.15, 0.2) is 11.0 Å². The summed E-state index contributed by atoms with van der Waals surface area (Å²) in [7, 11) is 0. The summed E-state index contributed by atoms with van der Waals surface area (Å²) in [4.78, 5) is 39.9. The Hall–Kier alpha value is -2.45. The van der Waals surface area contributed by atoms with Crippen LogP contribution in [0, 0.1) is 5.92 Å². The maximum atomic E-state index is 14.3. The molecule has 1 aromatic rings. The fourth-order valence-corrected chi connectivity index (χ4v) is 4.79. The van der Waals surface area contributed by atoms with Gasteiger partial charge >= 0.3 is 5.97 Å². The molecule has 0 aromatic carbocycles. The van der Waals surface area contributed by atoms with Gasteiger partial charge in [-0.05, 0) is 19.8 Å². The molecule has 3 aliphatic rings. The third-order valence-electron chi connectivity index (χ3n) is 6.09. The van der Waals surface area contributed by atoms with Gasteiger partial charge in [0.15, 0.2) is 11.4 Å². The van der Waals surface area contributed by atoms with Gasteiger partial charge in [0.2, 0.25) is 5.43 Å². The largest absolute Gasteiger partial charge is 0.487 e. The van der Waals surface area contributed by atoms with Crippen LogP contribution in [0.1, 0.15) is 60.4 Å². The van der Waals surface area contributed by atoms with Crippen molar-refractivity contribution in [3.05, 3.63) is 27.7 Å². The first-order valence-electron chi connectivity index (χ1n) is 10.1. The molecular formula is C20H24F2N2O5. The van der Waals surface area contributed by atoms with Gasteiger partial charge in [-0.3, -0.25) is 9.59 Å². The molecule has 1 saturated carbocycles. The van der Waals surface area contributed by atoms with Gasteiger partial charge < -0.3 is 18.9 Å². The summed E-state index contributed by atoms with van der Waals surface area (Å²) in [6.07, 6.45) is 2.64. The summed E-state index contributed by atoms with van der Waals surface area (Å²) in [5, 5.41) is 0. The average molecular weight is 410 g/mol. The Bertz CT molecular complexity index is 913. The summed E-state index contributed by atoms with van der Waals surface area (Å²) in [6.45, 7) is 3.96. The van der Waals surface area contributed by atoms with Crippen LogP contribution in [0.4, 0.5) is 8.78 Å². The van der Waals surface area contributed by atoms with E-state index in [2.05, 4.69) is 0 Å². The number of hydrogen-bond acceptors (Lipinski definition) is 5. The maximum Gasteiger partial charge on any atom is 0.343 e. The molecule has 4 rings (SSSR count). The Labute approximate surface area is 166 Å². The lowest BCUT2D eigenvalue weighted by atomic mass is 9.92. The zero-order valence-corrected chi connectivity index (χ0v) is 16.5. The molecule has 1 saturated heterocycles. The predicted molar refractivity (Wildman–Crippen MR) is 98.5 cm³/mol. The number of pyridine rings is 1. The molecule has 0 radical (unpaired) electrons. The van der Waals surface area contributed by atoms with Crippen molar-refractivity contribution in [1.29, 1.82) is 0 Å². The number of unbranched alkanes of at least 4 members (excludes halogenated alkanes) is 1. The van der Waals surface area contributed by atoms with E-state index in [0.717, 1.165) is 6.42 Å². The Kier molecular flexibility index (Phi) is 4.86. The molecule has 1 amide bonds. The van der Waals surface area contributed by atoms with E-state index in [-0.39, 0.29) is 49.6 Å². The Morgan fingerprint density at radius 3 is 2.76 bits per heavy atom. The van der Waals surface area contributed by atoms with Crippen molar-refractivity contribution in [2.75, 3.05) is 13.2 Å². The molecule has 1 unspecified atom stereocenters. The Morgan fingerprint density at radius 1 is 1.31 bits per heavy atom. The van der Waals surface area contributed by atoms with Crippen LogP contribution in [0.25, 0.3) is 0 Å². The molecule has 1 aromatic heterocycles. The molecule has 3 atom stereocenters. The fourth-order valence-electron chi connectivity index (χ4n) is 4.79. The molecule has 2 aliphatic heterocycles. The monoisotopic (exact) mass is 410 g/mol. The normalized spacial score (nSPS) is 26.3. The summed E-state index contributed by atoms with van der Waals surface area (Å²) < 4.78 is 40.6. The lowest BCUT2D eigenvalue weighted by Crippen LogP contribution is -2.56. The lowest BCUT2D eigenvalue weighted by molar-refractivity contribution is -0.0887. The molecule has 1 aliphatic carbocycles. The average Bonchev–Trinajstić information content (AvgIpc) is 3.17. The standard InChI is InChI=1S/C20H24F2N2O5/c1-3-5-6-29-17-15-18(26)24-11-7-13(20(21,22)8-11)14(24)10-23(15)9-12(16(17)25)19(27)28-4-2/h9,11,13-14H,3-8,10H2,1-2H3/t11-,13?,14+/m1/s1. The number of rotatable bonds is 6. The Morgan fingerprint density at radius 2 is 2.07 bits per heavy atom. The zero-order valence-electron chi connectivity index (χ0n) is 16.5. The summed E-state index contributed by atoms with van der Waals surface area (Å²) in [5.74, 6) is -5.22. The number of carbonyl (C=O) groups excluding carboxylic acids is 2. The smallest absolute Gasteiger partial charge is 0.343 e. The van der Waals surface area contributed by atoms with Crippen LogP contribution in [0.3, 0.4) is 0 Å². The third kappa shape index (κ3) is 3.02. The highest BCUT2D eigenvalue weighted by molar-refractivity contribution is 5.98. The van der Waals surface area contributed by atoms with E-state index in [1.807, 2.05) is 6.92 Å². The number of hydrogen-bond donors (Lipinski definition) is 0. The quantitative estimate of drug-likeness (QED) is 0.532. The third-order valence-corrected chi connectivity index (χ3v) is 6.09. The van der Waals surface area contributed by atoms with Crippen LogP contribution in [-0.2, 0) is 11.3 Å². The topological polar surface area (TPSA) is 77.8 Å². The lowest BCUT2D eigenvalue weighted by Gasteiger charge is -2.43. The van der Waals surface area contributed by atoms with Gasteiger partial charge in [-0.25, -0.2) is 13.6 Å². The number of alkyl halides is 2. The molecule has 2 fully saturated rings. The predicted octanol–water partition coefficient (Wildman–Crippen LogP) is 2.46. The number of halogens is 2. The minimum Gasteiger partial charge on any atom is -0.487 e. The van der Waals surface area contributed by atoms with Crippen molar-refractivity contribution in [1.82, 2.24) is 9.47 Å². The highest BCUT2D eigenvalue weighted by Crippen LogP contribution is 2.53. The number of fused-ring (bicyclic) bond motifs is 6. The second-order valence-electron chi connectivity index (χ2n) is 7.87. The van der Waals surface area contributed by atoms with E-state index in [0.29, 0.717) is 6.42 Å². The number of carbonyl (C=O) groups is 2. The minimum atomic E-state index is -2.81. The molecular weight excluding hydrogens is 386 g/mol. The van der Waals surface area contributed by atoms with Crippen LogP contribution in [0.2, 0.25) is 0 Å². The van der Waals surface area contributed by atoms with Crippen molar-refractivity contribution in [2.45, 2.75) is 64.1 Å². The molecule has 2 bridgehead atoms. The second-order valence-corrected chi connectivity index (χ2v) is 7.87. The molecule has 7 nitrogen and oxygen atoms in total. The van der Waals surface area contributed by atoms with Gasteiger partial charge in [-0.2, -0.15) is 0 Å². The SMILES string of the molecule is CCCCOc1c2n(cc(C(=O)OCC)c1=O)C[C@H]1C3C[C@H](CC3(F)F)N1C2=O. The van der Waals surface area contributed by atoms with Gasteiger partial charge in [0.25, 0.3) is 11.8 Å². The van der Waals surface area contributed by atoms with Crippen molar-refractivity contribution in [3.8, 4) is 5.75 Å². The van der Waals surface area contributed by atoms with Crippen LogP contribution < -0.4 is 10.2 Å². The van der Waals surface area contributed by atoms with Crippen molar-refractivity contribution in [2.24, 2.45) is 5.92 Å². The van der Waals surface area contributed by atoms with E-state index in [9.17, 15) is 23.2 Å². The minimum absolute atomic E-state index is 0.0336. The van der Waals surface area contributed by atoms with Crippen LogP contribution >= 0.6 is 0 Å². The van der Waals surface area contributed by atoms with Gasteiger partial charge in [0.05, 0.1) is 19.3 Å². The molecule has 0 spiro atoms. The number of ether oxygens (including phenoxy) is 2. The summed E-state index contributed by atoms with van der Waals surface area (Å²) in [5.41, 5.74) is -0.920.